The third kappa shape index (κ3) is 6.85. The van der Waals surface area contributed by atoms with Gasteiger partial charge in [0, 0.05) is 34.0 Å². The number of nitrogens with zero attached hydrogens (tertiary/aromatic N) is 4. The summed E-state index contributed by atoms with van der Waals surface area (Å²) >= 11 is 0. The summed E-state index contributed by atoms with van der Waals surface area (Å²) in [6, 6.07) is 35.1. The van der Waals surface area contributed by atoms with Crippen molar-refractivity contribution in [2.45, 2.75) is 165 Å². The van der Waals surface area contributed by atoms with Gasteiger partial charge in [0.1, 0.15) is 28.5 Å². The lowest BCUT2D eigenvalue weighted by Crippen LogP contribution is -2.54. The van der Waals surface area contributed by atoms with E-state index in [9.17, 15) is 0 Å². The molecule has 0 bridgehead atoms. The van der Waals surface area contributed by atoms with Gasteiger partial charge < -0.3 is 9.64 Å². The number of amidine groups is 1. The van der Waals surface area contributed by atoms with Crippen LogP contribution >= 0.6 is 0 Å². The second-order valence-electron chi connectivity index (χ2n) is 24.7. The molecule has 0 N–H and O–H groups in total. The van der Waals surface area contributed by atoms with E-state index in [0.29, 0.717) is 11.8 Å². The van der Waals surface area contributed by atoms with Crippen LogP contribution in [-0.4, -0.2) is 20.9 Å². The Morgan fingerprint density at radius 3 is 1.93 bits per heavy atom. The van der Waals surface area contributed by atoms with Crippen LogP contribution < -0.4 is 9.64 Å². The van der Waals surface area contributed by atoms with Gasteiger partial charge in [-0.15, -0.1) is 0 Å². The highest BCUT2D eigenvalue weighted by atomic mass is 16.5. The van der Waals surface area contributed by atoms with E-state index in [-0.39, 0.29) is 10.8 Å². The van der Waals surface area contributed by atoms with Crippen LogP contribution in [0.2, 0.25) is 0 Å². The summed E-state index contributed by atoms with van der Waals surface area (Å²) < 4.78 is 9.88. The highest BCUT2D eigenvalue weighted by Crippen LogP contribution is 2.58. The molecule has 0 radical (unpaired) electrons. The summed E-state index contributed by atoms with van der Waals surface area (Å²) in [7, 11) is 0. The molecule has 6 aromatic carbocycles. The van der Waals surface area contributed by atoms with Gasteiger partial charge in [-0.25, -0.2) is 4.98 Å². The van der Waals surface area contributed by atoms with Crippen molar-refractivity contribution in [2.75, 3.05) is 4.90 Å². The van der Waals surface area contributed by atoms with Crippen molar-refractivity contribution in [1.29, 1.82) is 0 Å². The van der Waals surface area contributed by atoms with Gasteiger partial charge in [-0.05, 0) is 206 Å². The number of hydrogen-bond acceptors (Lipinski definition) is 4. The summed E-state index contributed by atoms with van der Waals surface area (Å²) in [5.41, 5.74) is 24.9. The lowest BCUT2D eigenvalue weighted by Gasteiger charge is -2.44. The standard InChI is InChI=1S/C67H74N4O/c1-36(2)50-20-19-21-51(37(3)4)60(50)71-62(69-67(18)53-27-41(8)40(7)26-47(53)35-66(67,71)17)46-29-45(58-43(10)24-38(5)25-44(58)11)30-49(31-46)72-57-34-56-54(28-42(57)9)65(15,16)55-33-48(64(12,13)14)32-52-59-39(6)22-23-68-63(59)70(56)61(52)55/h19-34,36-37H,35H2,1-18H3/t66-,67+/m0/s1. The Balaban J connectivity index is 1.16. The fourth-order valence-electron chi connectivity index (χ4n) is 13.3. The van der Waals surface area contributed by atoms with Crippen LogP contribution in [0.1, 0.15) is 171 Å². The molecule has 0 saturated heterocycles. The van der Waals surface area contributed by atoms with Crippen molar-refractivity contribution < 1.29 is 4.74 Å². The molecule has 5 nitrogen and oxygen atoms in total. The first kappa shape index (κ1) is 47.8. The van der Waals surface area contributed by atoms with Gasteiger partial charge in [0.25, 0.3) is 0 Å². The highest BCUT2D eigenvalue weighted by Gasteiger charge is 2.61. The highest BCUT2D eigenvalue weighted by molar-refractivity contribution is 6.15. The Kier molecular flexibility index (Phi) is 10.6. The van der Waals surface area contributed by atoms with Gasteiger partial charge in [-0.1, -0.05) is 116 Å². The number of ether oxygens (including phenoxy) is 1. The topological polar surface area (TPSA) is 42.6 Å². The van der Waals surface area contributed by atoms with Gasteiger partial charge in [-0.2, -0.15) is 0 Å². The van der Waals surface area contributed by atoms with E-state index in [1.807, 2.05) is 6.20 Å². The zero-order chi connectivity index (χ0) is 51.5. The van der Waals surface area contributed by atoms with Crippen LogP contribution in [0.5, 0.6) is 11.5 Å². The van der Waals surface area contributed by atoms with Crippen LogP contribution in [0.4, 0.5) is 5.69 Å². The first-order chi connectivity index (χ1) is 33.8. The monoisotopic (exact) mass is 951 g/mol. The van der Waals surface area contributed by atoms with E-state index < -0.39 is 11.1 Å². The van der Waals surface area contributed by atoms with Crippen molar-refractivity contribution in [3.63, 3.8) is 0 Å². The Labute approximate surface area is 429 Å². The van der Waals surface area contributed by atoms with Gasteiger partial charge in [0.15, 0.2) is 0 Å². The van der Waals surface area contributed by atoms with E-state index in [1.54, 1.807) is 0 Å². The van der Waals surface area contributed by atoms with Crippen molar-refractivity contribution in [2.24, 2.45) is 4.99 Å². The molecule has 5 heteroatoms. The molecule has 1 aliphatic carbocycles. The average molecular weight is 951 g/mol. The molecule has 2 aliphatic heterocycles. The normalized spacial score (nSPS) is 18.9. The van der Waals surface area contributed by atoms with Gasteiger partial charge >= 0.3 is 0 Å². The van der Waals surface area contributed by atoms with Crippen LogP contribution in [0.25, 0.3) is 38.8 Å². The lowest BCUT2D eigenvalue weighted by molar-refractivity contribution is 0.321. The molecule has 72 heavy (non-hydrogen) atoms. The van der Waals surface area contributed by atoms with Gasteiger partial charge in [0.05, 0.1) is 22.4 Å². The quantitative estimate of drug-likeness (QED) is 0.160. The molecule has 0 unspecified atom stereocenters. The Morgan fingerprint density at radius 1 is 0.639 bits per heavy atom. The Bertz CT molecular complexity index is 3610. The number of pyridine rings is 1. The summed E-state index contributed by atoms with van der Waals surface area (Å²) in [5, 5.41) is 2.48. The van der Waals surface area contributed by atoms with Crippen molar-refractivity contribution in [1.82, 2.24) is 9.55 Å². The Hall–Kier alpha value is -6.46. The Morgan fingerprint density at radius 2 is 1.28 bits per heavy atom. The minimum atomic E-state index is -0.524. The maximum Gasteiger partial charge on any atom is 0.145 e. The molecule has 3 aliphatic rings. The second kappa shape index (κ2) is 16.0. The number of anilines is 1. The van der Waals surface area contributed by atoms with Crippen LogP contribution in [0.15, 0.2) is 102 Å². The summed E-state index contributed by atoms with van der Waals surface area (Å²) in [6.07, 6.45) is 2.85. The number of aliphatic imine (C=N–C) groups is 1. The molecular weight excluding hydrogens is 877 g/mol. The molecule has 2 aromatic heterocycles. The number of benzene rings is 6. The zero-order valence-electron chi connectivity index (χ0n) is 46.3. The minimum absolute atomic E-state index is 0.0191. The molecule has 368 valence electrons. The average Bonchev–Trinajstić information content (AvgIpc) is 3.83. The van der Waals surface area contributed by atoms with E-state index in [0.717, 1.165) is 51.8 Å². The second-order valence-corrected chi connectivity index (χ2v) is 24.7. The third-order valence-corrected chi connectivity index (χ3v) is 17.5. The van der Waals surface area contributed by atoms with Crippen LogP contribution in [-0.2, 0) is 22.8 Å². The maximum absolute atomic E-state index is 7.46. The number of para-hydroxylation sites is 1. The van der Waals surface area contributed by atoms with Gasteiger partial charge in [0.2, 0.25) is 0 Å². The van der Waals surface area contributed by atoms with Crippen LogP contribution in [0, 0.1) is 48.5 Å². The van der Waals surface area contributed by atoms with E-state index >= 15 is 0 Å². The fraction of sp³-hybridized carbons (Fsp3) is 0.373. The number of fused-ring (bicyclic) bond motifs is 8. The summed E-state index contributed by atoms with van der Waals surface area (Å²) in [5.74, 6) is 3.21. The summed E-state index contributed by atoms with van der Waals surface area (Å²) in [4.78, 5) is 13.9. The maximum atomic E-state index is 7.46. The van der Waals surface area contributed by atoms with Crippen molar-refractivity contribution >= 4 is 33.5 Å². The number of hydrogen-bond donors (Lipinski definition) is 0. The molecule has 0 fully saturated rings. The number of aromatic nitrogens is 2. The number of rotatable bonds is 7. The van der Waals surface area contributed by atoms with E-state index in [4.69, 9.17) is 14.7 Å². The van der Waals surface area contributed by atoms with Crippen molar-refractivity contribution in [3.8, 4) is 28.3 Å². The molecule has 4 heterocycles. The smallest absolute Gasteiger partial charge is 0.145 e. The van der Waals surface area contributed by atoms with E-state index in [1.165, 1.54) is 99.9 Å². The number of aryl methyl sites for hydroxylation is 7. The predicted molar refractivity (Wildman–Crippen MR) is 304 cm³/mol. The first-order valence-corrected chi connectivity index (χ1v) is 26.5. The molecular formula is C67H74N4O. The fourth-order valence-corrected chi connectivity index (χ4v) is 13.3. The SMILES string of the molecule is Cc1cc(C)c(-c2cc(Oc3cc4c(cc3C)C(C)(C)c3cc(C(C)(C)C)cc5c6c(C)ccnc6n-4c35)cc(C3=N[C@]4(C)c5cc(C)c(C)cc5C[C@]4(C)N3c3c(C(C)C)cccc3C(C)C)c2)c(C)c1. The predicted octanol–water partition coefficient (Wildman–Crippen LogP) is 17.5. The molecule has 11 rings (SSSR count). The molecule has 0 amide bonds. The van der Waals surface area contributed by atoms with Crippen molar-refractivity contribution in [3.05, 3.63) is 181 Å². The largest absolute Gasteiger partial charge is 0.457 e. The lowest BCUT2D eigenvalue weighted by atomic mass is 9.72. The van der Waals surface area contributed by atoms with E-state index in [2.05, 4.69) is 225 Å². The first-order valence-electron chi connectivity index (χ1n) is 26.5. The third-order valence-electron chi connectivity index (χ3n) is 17.5. The molecule has 8 aromatic rings. The van der Waals surface area contributed by atoms with Crippen LogP contribution in [0.3, 0.4) is 0 Å². The zero-order valence-corrected chi connectivity index (χ0v) is 46.3. The minimum Gasteiger partial charge on any atom is -0.457 e. The molecule has 0 saturated carbocycles. The molecule has 0 spiro atoms. The molecule has 2 atom stereocenters. The summed E-state index contributed by atoms with van der Waals surface area (Å²) in [6.45, 7) is 41.6. The van der Waals surface area contributed by atoms with Gasteiger partial charge in [-0.3, -0.25) is 9.56 Å².